The number of nitrogens with one attached hydrogen (secondary N) is 1. The van der Waals surface area contributed by atoms with Gasteiger partial charge in [0, 0.05) is 18.2 Å². The van der Waals surface area contributed by atoms with Crippen molar-refractivity contribution in [3.05, 3.63) is 35.5 Å². The largest absolute Gasteiger partial charge is 0.486 e. The van der Waals surface area contributed by atoms with Gasteiger partial charge in [-0.05, 0) is 31.9 Å². The molecule has 0 saturated heterocycles. The predicted molar refractivity (Wildman–Crippen MR) is 83.1 cm³/mol. The zero-order valence-corrected chi connectivity index (χ0v) is 12.6. The summed E-state index contributed by atoms with van der Waals surface area (Å²) >= 11 is 0. The molecule has 110 valence electrons. The molecule has 21 heavy (non-hydrogen) atoms. The lowest BCUT2D eigenvalue weighted by molar-refractivity contribution is 0.139. The first-order valence-electron chi connectivity index (χ1n) is 7.18. The molecular weight excluding hydrogens is 264 g/mol. The van der Waals surface area contributed by atoms with Gasteiger partial charge in [0.2, 0.25) is 0 Å². The van der Waals surface area contributed by atoms with Gasteiger partial charge in [-0.25, -0.2) is 15.8 Å². The number of hydrazine groups is 1. The number of aryl methyl sites for hydroxylation is 1. The van der Waals surface area contributed by atoms with Crippen molar-refractivity contribution in [2.24, 2.45) is 5.84 Å². The summed E-state index contributed by atoms with van der Waals surface area (Å²) in [5, 5.41) is 0. The topological polar surface area (TPSA) is 73.1 Å². The standard InChI is InChI=1S/C16H20N4O/c1-4-11-8-13(20-17)19-15(18-11)12-7-5-6-10-9-16(2,3)21-14(10)12/h5-8H,4,9,17H2,1-3H3,(H,18,19,20). The van der Waals surface area contributed by atoms with Crippen molar-refractivity contribution in [3.63, 3.8) is 0 Å². The molecule has 1 aliphatic rings. The fourth-order valence-corrected chi connectivity index (χ4v) is 2.66. The number of anilines is 1. The molecule has 0 atom stereocenters. The Kier molecular flexibility index (Phi) is 3.29. The van der Waals surface area contributed by atoms with E-state index in [1.807, 2.05) is 18.2 Å². The summed E-state index contributed by atoms with van der Waals surface area (Å²) in [5.41, 5.74) is 5.49. The number of fused-ring (bicyclic) bond motifs is 1. The van der Waals surface area contributed by atoms with E-state index in [9.17, 15) is 0 Å². The summed E-state index contributed by atoms with van der Waals surface area (Å²) in [6.07, 6.45) is 1.72. The van der Waals surface area contributed by atoms with Crippen molar-refractivity contribution in [2.45, 2.75) is 39.2 Å². The molecule has 0 fully saturated rings. The third kappa shape index (κ3) is 2.56. The molecule has 3 rings (SSSR count). The van der Waals surface area contributed by atoms with Gasteiger partial charge < -0.3 is 10.2 Å². The molecule has 3 N–H and O–H groups in total. The van der Waals surface area contributed by atoms with Gasteiger partial charge in [-0.3, -0.25) is 0 Å². The van der Waals surface area contributed by atoms with E-state index in [1.165, 1.54) is 5.56 Å². The van der Waals surface area contributed by atoms with Crippen molar-refractivity contribution >= 4 is 5.82 Å². The third-order valence-corrected chi connectivity index (χ3v) is 3.62. The van der Waals surface area contributed by atoms with E-state index in [-0.39, 0.29) is 5.60 Å². The number of hydrogen-bond donors (Lipinski definition) is 2. The first kappa shape index (κ1) is 13.8. The summed E-state index contributed by atoms with van der Waals surface area (Å²) in [5.74, 6) is 7.66. The summed E-state index contributed by atoms with van der Waals surface area (Å²) in [7, 11) is 0. The van der Waals surface area contributed by atoms with E-state index in [0.29, 0.717) is 11.6 Å². The molecule has 1 aromatic carbocycles. The van der Waals surface area contributed by atoms with Crippen molar-refractivity contribution in [1.82, 2.24) is 9.97 Å². The van der Waals surface area contributed by atoms with Gasteiger partial charge in [0.25, 0.3) is 0 Å². The van der Waals surface area contributed by atoms with Crippen LogP contribution in [-0.4, -0.2) is 15.6 Å². The number of nitrogens with zero attached hydrogens (tertiary/aromatic N) is 2. The number of benzene rings is 1. The van der Waals surface area contributed by atoms with Crippen LogP contribution >= 0.6 is 0 Å². The van der Waals surface area contributed by atoms with Crippen molar-refractivity contribution in [2.75, 3.05) is 5.43 Å². The maximum atomic E-state index is 6.10. The Labute approximate surface area is 124 Å². The van der Waals surface area contributed by atoms with E-state index in [0.717, 1.165) is 29.8 Å². The highest BCUT2D eigenvalue weighted by Gasteiger charge is 2.32. The predicted octanol–water partition coefficient (Wildman–Crippen LogP) is 2.71. The summed E-state index contributed by atoms with van der Waals surface area (Å²) in [6, 6.07) is 7.97. The summed E-state index contributed by atoms with van der Waals surface area (Å²) < 4.78 is 6.10. The smallest absolute Gasteiger partial charge is 0.165 e. The second-order valence-corrected chi connectivity index (χ2v) is 5.90. The van der Waals surface area contributed by atoms with Gasteiger partial charge in [0.15, 0.2) is 5.82 Å². The number of para-hydroxylation sites is 1. The van der Waals surface area contributed by atoms with Crippen LogP contribution in [0.5, 0.6) is 5.75 Å². The van der Waals surface area contributed by atoms with Crippen LogP contribution in [0.15, 0.2) is 24.3 Å². The lowest BCUT2D eigenvalue weighted by atomic mass is 10.0. The van der Waals surface area contributed by atoms with Crippen LogP contribution in [0.25, 0.3) is 11.4 Å². The van der Waals surface area contributed by atoms with Crippen molar-refractivity contribution in [3.8, 4) is 17.1 Å². The van der Waals surface area contributed by atoms with Gasteiger partial charge in [-0.15, -0.1) is 0 Å². The zero-order chi connectivity index (χ0) is 15.0. The van der Waals surface area contributed by atoms with Crippen LogP contribution < -0.4 is 16.0 Å². The van der Waals surface area contributed by atoms with Crippen molar-refractivity contribution in [1.29, 1.82) is 0 Å². The Hall–Kier alpha value is -2.14. The molecule has 1 aliphatic heterocycles. The third-order valence-electron chi connectivity index (χ3n) is 3.62. The first-order chi connectivity index (χ1) is 10.0. The Morgan fingerprint density at radius 1 is 1.33 bits per heavy atom. The minimum absolute atomic E-state index is 0.185. The molecule has 5 nitrogen and oxygen atoms in total. The Bertz CT molecular complexity index is 660. The Morgan fingerprint density at radius 2 is 2.14 bits per heavy atom. The Balaban J connectivity index is 2.13. The fourth-order valence-electron chi connectivity index (χ4n) is 2.66. The first-order valence-corrected chi connectivity index (χ1v) is 7.18. The second-order valence-electron chi connectivity index (χ2n) is 5.90. The quantitative estimate of drug-likeness (QED) is 0.669. The van der Waals surface area contributed by atoms with Gasteiger partial charge in [-0.2, -0.15) is 0 Å². The van der Waals surface area contributed by atoms with E-state index < -0.39 is 0 Å². The monoisotopic (exact) mass is 284 g/mol. The van der Waals surface area contributed by atoms with E-state index in [2.05, 4.69) is 42.2 Å². The number of hydrogen-bond acceptors (Lipinski definition) is 5. The lowest BCUT2D eigenvalue weighted by Crippen LogP contribution is -2.24. The lowest BCUT2D eigenvalue weighted by Gasteiger charge is -2.18. The normalized spacial score (nSPS) is 15.4. The molecule has 0 unspecified atom stereocenters. The molecule has 0 spiro atoms. The maximum Gasteiger partial charge on any atom is 0.165 e. The van der Waals surface area contributed by atoms with Crippen LogP contribution in [0, 0.1) is 0 Å². The van der Waals surface area contributed by atoms with Crippen molar-refractivity contribution < 1.29 is 4.74 Å². The minimum Gasteiger partial charge on any atom is -0.486 e. The molecular formula is C16H20N4O. The molecule has 1 aromatic heterocycles. The van der Waals surface area contributed by atoms with Crippen LogP contribution in [0.2, 0.25) is 0 Å². The highest BCUT2D eigenvalue weighted by atomic mass is 16.5. The molecule has 0 aliphatic carbocycles. The maximum absolute atomic E-state index is 6.10. The second kappa shape index (κ2) is 5.00. The molecule has 0 bridgehead atoms. The Morgan fingerprint density at radius 3 is 2.86 bits per heavy atom. The van der Waals surface area contributed by atoms with Gasteiger partial charge in [0.05, 0.1) is 5.56 Å². The SMILES string of the molecule is CCc1cc(NN)nc(-c2cccc3c2OC(C)(C)C3)n1. The molecule has 2 aromatic rings. The number of ether oxygens (including phenoxy) is 1. The van der Waals surface area contributed by atoms with E-state index in [4.69, 9.17) is 10.6 Å². The van der Waals surface area contributed by atoms with E-state index in [1.54, 1.807) is 0 Å². The molecule has 5 heteroatoms. The van der Waals surface area contributed by atoms with Crippen LogP contribution in [0.1, 0.15) is 32.0 Å². The van der Waals surface area contributed by atoms with E-state index >= 15 is 0 Å². The number of aromatic nitrogens is 2. The molecule has 0 radical (unpaired) electrons. The number of nitrogen functional groups attached to an aromatic ring is 1. The highest BCUT2D eigenvalue weighted by molar-refractivity contribution is 5.69. The summed E-state index contributed by atoms with van der Waals surface area (Å²) in [6.45, 7) is 6.24. The van der Waals surface area contributed by atoms with Crippen LogP contribution in [0.4, 0.5) is 5.82 Å². The zero-order valence-electron chi connectivity index (χ0n) is 12.6. The van der Waals surface area contributed by atoms with Gasteiger partial charge in [0.1, 0.15) is 17.2 Å². The van der Waals surface area contributed by atoms with Crippen LogP contribution in [-0.2, 0) is 12.8 Å². The minimum atomic E-state index is -0.185. The molecule has 0 amide bonds. The number of nitrogens with two attached hydrogens (primary N) is 1. The average Bonchev–Trinajstić information content (AvgIpc) is 2.80. The van der Waals surface area contributed by atoms with Crippen LogP contribution in [0.3, 0.4) is 0 Å². The van der Waals surface area contributed by atoms with Gasteiger partial charge >= 0.3 is 0 Å². The van der Waals surface area contributed by atoms with Gasteiger partial charge in [-0.1, -0.05) is 19.1 Å². The molecule has 0 saturated carbocycles. The fraction of sp³-hybridized carbons (Fsp3) is 0.375. The number of rotatable bonds is 3. The molecule has 2 heterocycles. The average molecular weight is 284 g/mol. The summed E-state index contributed by atoms with van der Waals surface area (Å²) in [4.78, 5) is 9.08. The highest BCUT2D eigenvalue weighted by Crippen LogP contribution is 2.41.